The van der Waals surface area contributed by atoms with Gasteiger partial charge in [0.25, 0.3) is 0 Å². The van der Waals surface area contributed by atoms with Crippen molar-refractivity contribution in [2.45, 2.75) is 18.9 Å². The molecule has 18 heavy (non-hydrogen) atoms. The molecule has 5 nitrogen and oxygen atoms in total. The first-order valence-electron chi connectivity index (χ1n) is 5.56. The number of hydrogen-bond acceptors (Lipinski definition) is 3. The summed E-state index contributed by atoms with van der Waals surface area (Å²) in [4.78, 5) is 12.4. The Labute approximate surface area is 103 Å². The number of nitrogens with zero attached hydrogens (tertiary/aromatic N) is 2. The number of carbonyl (C=O) groups is 1. The van der Waals surface area contributed by atoms with Crippen LogP contribution in [0.3, 0.4) is 0 Å². The Morgan fingerprint density at radius 3 is 2.61 bits per heavy atom. The normalized spacial score (nSPS) is 22.2. The SMILES string of the molecule is O=C(O)N1CC/C(=N/O)C[C@@H]1c1ccc(F)cc1. The number of carboxylic acid groups (broad SMARTS) is 1. The molecule has 1 aliphatic rings. The summed E-state index contributed by atoms with van der Waals surface area (Å²) in [6.07, 6.45) is -0.282. The van der Waals surface area contributed by atoms with Crippen molar-refractivity contribution in [2.75, 3.05) is 6.54 Å². The van der Waals surface area contributed by atoms with E-state index < -0.39 is 12.1 Å². The molecule has 2 N–H and O–H groups in total. The van der Waals surface area contributed by atoms with Gasteiger partial charge in [-0.25, -0.2) is 9.18 Å². The quantitative estimate of drug-likeness (QED) is 0.595. The number of halogens is 1. The number of piperidine rings is 1. The highest BCUT2D eigenvalue weighted by Crippen LogP contribution is 2.29. The largest absolute Gasteiger partial charge is 0.465 e. The molecule has 0 aromatic heterocycles. The number of hydrogen-bond donors (Lipinski definition) is 2. The molecule has 1 saturated heterocycles. The molecular weight excluding hydrogens is 239 g/mol. The highest BCUT2D eigenvalue weighted by Gasteiger charge is 2.30. The van der Waals surface area contributed by atoms with Gasteiger partial charge in [0.1, 0.15) is 5.82 Å². The molecule has 1 aliphatic heterocycles. The van der Waals surface area contributed by atoms with Crippen molar-refractivity contribution in [3.05, 3.63) is 35.6 Å². The molecule has 1 fully saturated rings. The van der Waals surface area contributed by atoms with E-state index in [0.717, 1.165) is 0 Å². The maximum absolute atomic E-state index is 12.9. The topological polar surface area (TPSA) is 73.1 Å². The van der Waals surface area contributed by atoms with Crippen molar-refractivity contribution in [2.24, 2.45) is 5.16 Å². The summed E-state index contributed by atoms with van der Waals surface area (Å²) in [5.74, 6) is -0.368. The van der Waals surface area contributed by atoms with Crippen molar-refractivity contribution < 1.29 is 19.5 Å². The summed E-state index contributed by atoms with van der Waals surface area (Å²) < 4.78 is 12.9. The third kappa shape index (κ3) is 2.42. The Balaban J connectivity index is 2.29. The van der Waals surface area contributed by atoms with Crippen LogP contribution in [0.4, 0.5) is 9.18 Å². The molecule has 1 aromatic carbocycles. The summed E-state index contributed by atoms with van der Waals surface area (Å²) in [5, 5.41) is 21.1. The van der Waals surface area contributed by atoms with Crippen LogP contribution in [0.2, 0.25) is 0 Å². The summed E-state index contributed by atoms with van der Waals surface area (Å²) in [6, 6.07) is 5.26. The van der Waals surface area contributed by atoms with Gasteiger partial charge in [-0.2, -0.15) is 0 Å². The standard InChI is InChI=1S/C12H13FN2O3/c13-9-3-1-8(2-4-9)11-7-10(14-18)5-6-15(11)12(16)17/h1-4,11,18H,5-7H2,(H,16,17)/b14-10-/t11-/m1/s1. The molecule has 0 radical (unpaired) electrons. The zero-order valence-corrected chi connectivity index (χ0v) is 9.58. The van der Waals surface area contributed by atoms with Crippen LogP contribution in [0, 0.1) is 5.82 Å². The Kier molecular flexibility index (Phi) is 3.45. The van der Waals surface area contributed by atoms with Crippen molar-refractivity contribution >= 4 is 11.8 Å². The highest BCUT2D eigenvalue weighted by molar-refractivity contribution is 5.87. The average Bonchev–Trinajstić information content (AvgIpc) is 2.38. The maximum Gasteiger partial charge on any atom is 0.407 e. The summed E-state index contributed by atoms with van der Waals surface area (Å²) in [7, 11) is 0. The van der Waals surface area contributed by atoms with Gasteiger partial charge in [0, 0.05) is 19.4 Å². The van der Waals surface area contributed by atoms with Crippen molar-refractivity contribution in [1.29, 1.82) is 0 Å². The second-order valence-electron chi connectivity index (χ2n) is 4.16. The molecular formula is C12H13FN2O3. The van der Waals surface area contributed by atoms with Gasteiger partial charge in [-0.1, -0.05) is 17.3 Å². The van der Waals surface area contributed by atoms with Crippen LogP contribution in [0.15, 0.2) is 29.4 Å². The number of likely N-dealkylation sites (tertiary alicyclic amines) is 1. The van der Waals surface area contributed by atoms with Gasteiger partial charge in [-0.05, 0) is 17.7 Å². The second kappa shape index (κ2) is 5.03. The molecule has 6 heteroatoms. The van der Waals surface area contributed by atoms with Gasteiger partial charge in [0.2, 0.25) is 0 Å². The molecule has 0 bridgehead atoms. The van der Waals surface area contributed by atoms with Gasteiger partial charge in [-0.3, -0.25) is 0 Å². The van der Waals surface area contributed by atoms with Gasteiger partial charge < -0.3 is 15.2 Å². The molecule has 1 amide bonds. The Morgan fingerprint density at radius 2 is 2.06 bits per heavy atom. The van der Waals surface area contributed by atoms with E-state index in [-0.39, 0.29) is 12.4 Å². The third-order valence-electron chi connectivity index (χ3n) is 3.09. The molecule has 1 heterocycles. The second-order valence-corrected chi connectivity index (χ2v) is 4.16. The fraction of sp³-hybridized carbons (Fsp3) is 0.333. The number of rotatable bonds is 1. The van der Waals surface area contributed by atoms with E-state index in [0.29, 0.717) is 24.1 Å². The Bertz CT molecular complexity index is 473. The molecule has 0 spiro atoms. The summed E-state index contributed by atoms with van der Waals surface area (Å²) in [5.41, 5.74) is 1.25. The lowest BCUT2D eigenvalue weighted by Crippen LogP contribution is -2.40. The van der Waals surface area contributed by atoms with Crippen molar-refractivity contribution in [1.82, 2.24) is 4.90 Å². The van der Waals surface area contributed by atoms with Crippen LogP contribution in [0.5, 0.6) is 0 Å². The summed E-state index contributed by atoms with van der Waals surface area (Å²) in [6.45, 7) is 0.275. The van der Waals surface area contributed by atoms with Crippen LogP contribution in [0.25, 0.3) is 0 Å². The van der Waals surface area contributed by atoms with E-state index in [4.69, 9.17) is 10.3 Å². The van der Waals surface area contributed by atoms with E-state index in [2.05, 4.69) is 5.16 Å². The lowest BCUT2D eigenvalue weighted by atomic mass is 9.94. The molecule has 0 aliphatic carbocycles. The van der Waals surface area contributed by atoms with E-state index in [9.17, 15) is 9.18 Å². The van der Waals surface area contributed by atoms with Crippen LogP contribution in [-0.4, -0.2) is 33.6 Å². The fourth-order valence-electron chi connectivity index (χ4n) is 2.14. The fourth-order valence-corrected chi connectivity index (χ4v) is 2.14. The Morgan fingerprint density at radius 1 is 1.39 bits per heavy atom. The van der Waals surface area contributed by atoms with Gasteiger partial charge >= 0.3 is 6.09 Å². The van der Waals surface area contributed by atoms with Gasteiger partial charge in [0.05, 0.1) is 11.8 Å². The van der Waals surface area contributed by atoms with Crippen LogP contribution in [0.1, 0.15) is 24.4 Å². The molecule has 0 saturated carbocycles. The minimum Gasteiger partial charge on any atom is -0.465 e. The number of benzene rings is 1. The smallest absolute Gasteiger partial charge is 0.407 e. The van der Waals surface area contributed by atoms with Crippen LogP contribution >= 0.6 is 0 Å². The van der Waals surface area contributed by atoms with Crippen LogP contribution < -0.4 is 0 Å². The van der Waals surface area contributed by atoms with Crippen molar-refractivity contribution in [3.63, 3.8) is 0 Å². The lowest BCUT2D eigenvalue weighted by Gasteiger charge is -2.34. The lowest BCUT2D eigenvalue weighted by molar-refractivity contribution is 0.121. The first kappa shape index (κ1) is 12.3. The molecule has 1 atom stereocenters. The first-order valence-corrected chi connectivity index (χ1v) is 5.56. The number of amides is 1. The maximum atomic E-state index is 12.9. The number of oxime groups is 1. The zero-order valence-electron chi connectivity index (χ0n) is 9.58. The van der Waals surface area contributed by atoms with Gasteiger partial charge in [-0.15, -0.1) is 0 Å². The highest BCUT2D eigenvalue weighted by atomic mass is 19.1. The van der Waals surface area contributed by atoms with Gasteiger partial charge in [0.15, 0.2) is 0 Å². The van der Waals surface area contributed by atoms with E-state index in [1.807, 2.05) is 0 Å². The van der Waals surface area contributed by atoms with E-state index in [1.54, 1.807) is 12.1 Å². The van der Waals surface area contributed by atoms with E-state index >= 15 is 0 Å². The Hall–Kier alpha value is -2.11. The van der Waals surface area contributed by atoms with Crippen molar-refractivity contribution in [3.8, 4) is 0 Å². The summed E-state index contributed by atoms with van der Waals surface area (Å²) >= 11 is 0. The monoisotopic (exact) mass is 252 g/mol. The zero-order chi connectivity index (χ0) is 13.1. The third-order valence-corrected chi connectivity index (χ3v) is 3.09. The predicted molar refractivity (Wildman–Crippen MR) is 62.3 cm³/mol. The minimum absolute atomic E-state index is 0.275. The minimum atomic E-state index is -1.03. The molecule has 1 aromatic rings. The average molecular weight is 252 g/mol. The van der Waals surface area contributed by atoms with E-state index in [1.165, 1.54) is 17.0 Å². The first-order chi connectivity index (χ1) is 8.61. The molecule has 2 rings (SSSR count). The predicted octanol–water partition coefficient (Wildman–Crippen LogP) is 2.47. The van der Waals surface area contributed by atoms with Crippen LogP contribution in [-0.2, 0) is 0 Å². The molecule has 0 unspecified atom stereocenters. The molecule has 96 valence electrons.